The van der Waals surface area contributed by atoms with E-state index in [1.807, 2.05) is 30.3 Å². The van der Waals surface area contributed by atoms with E-state index in [9.17, 15) is 9.59 Å². The molecule has 0 unspecified atom stereocenters. The Morgan fingerprint density at radius 3 is 2.68 bits per heavy atom. The van der Waals surface area contributed by atoms with Crippen molar-refractivity contribution in [3.8, 4) is 0 Å². The fourth-order valence-electron chi connectivity index (χ4n) is 2.34. The third kappa shape index (κ3) is 4.16. The number of fused-ring (bicyclic) bond motifs is 1. The van der Waals surface area contributed by atoms with Gasteiger partial charge < -0.3 is 9.84 Å². The summed E-state index contributed by atoms with van der Waals surface area (Å²) in [5.41, 5.74) is 1.46. The van der Waals surface area contributed by atoms with Crippen molar-refractivity contribution >= 4 is 44.7 Å². The summed E-state index contributed by atoms with van der Waals surface area (Å²) < 4.78 is 7.27. The molecule has 0 bridgehead atoms. The summed E-state index contributed by atoms with van der Waals surface area (Å²) in [5.74, 6) is -0.774. The number of aromatic nitrogens is 2. The molecule has 0 saturated carbocycles. The molecule has 0 fully saturated rings. The van der Waals surface area contributed by atoms with Gasteiger partial charge >= 0.3 is 12.1 Å². The Balaban J connectivity index is 1.78. The number of benzene rings is 2. The molecule has 0 atom stereocenters. The number of carboxylic acids is 1. The average molecular weight is 404 g/mol. The van der Waals surface area contributed by atoms with Gasteiger partial charge in [0.1, 0.15) is 13.2 Å². The van der Waals surface area contributed by atoms with E-state index in [0.717, 1.165) is 10.0 Å². The van der Waals surface area contributed by atoms with Crippen LogP contribution in [0.1, 0.15) is 5.56 Å². The van der Waals surface area contributed by atoms with Crippen molar-refractivity contribution in [2.75, 3.05) is 5.32 Å². The molecule has 1 aromatic heterocycles. The van der Waals surface area contributed by atoms with Crippen molar-refractivity contribution in [3.05, 3.63) is 58.6 Å². The number of carboxylic acid groups (broad SMARTS) is 1. The van der Waals surface area contributed by atoms with Crippen molar-refractivity contribution in [1.82, 2.24) is 9.78 Å². The highest BCUT2D eigenvalue weighted by Crippen LogP contribution is 2.26. The van der Waals surface area contributed by atoms with E-state index >= 15 is 0 Å². The zero-order chi connectivity index (χ0) is 17.8. The lowest BCUT2D eigenvalue weighted by atomic mass is 10.2. The summed E-state index contributed by atoms with van der Waals surface area (Å²) >= 11 is 3.34. The summed E-state index contributed by atoms with van der Waals surface area (Å²) in [6.45, 7) is -0.181. The molecule has 2 N–H and O–H groups in total. The van der Waals surface area contributed by atoms with Gasteiger partial charge in [-0.3, -0.25) is 14.8 Å². The molecule has 2 aromatic carbocycles. The normalized spacial score (nSPS) is 10.6. The van der Waals surface area contributed by atoms with E-state index in [1.165, 1.54) is 4.68 Å². The number of halogens is 1. The van der Waals surface area contributed by atoms with Gasteiger partial charge in [0.25, 0.3) is 0 Å². The van der Waals surface area contributed by atoms with Crippen LogP contribution in [-0.2, 0) is 22.7 Å². The smallest absolute Gasteiger partial charge is 0.413 e. The number of nitrogens with one attached hydrogen (secondary N) is 1. The van der Waals surface area contributed by atoms with E-state index in [2.05, 4.69) is 26.3 Å². The van der Waals surface area contributed by atoms with Gasteiger partial charge in [-0.1, -0.05) is 46.3 Å². The first-order valence-corrected chi connectivity index (χ1v) is 8.18. The number of hydrogen-bond donors (Lipinski definition) is 2. The van der Waals surface area contributed by atoms with E-state index in [-0.39, 0.29) is 19.0 Å². The summed E-state index contributed by atoms with van der Waals surface area (Å²) in [4.78, 5) is 23.0. The minimum atomic E-state index is -1.03. The largest absolute Gasteiger partial charge is 0.480 e. The Kier molecular flexibility index (Phi) is 4.99. The van der Waals surface area contributed by atoms with Crippen LogP contribution in [0.3, 0.4) is 0 Å². The van der Waals surface area contributed by atoms with Gasteiger partial charge in [0.15, 0.2) is 5.82 Å². The molecule has 1 heterocycles. The molecule has 25 heavy (non-hydrogen) atoms. The average Bonchev–Trinajstić information content (AvgIpc) is 2.90. The Bertz CT molecular complexity index is 924. The second-order valence-corrected chi connectivity index (χ2v) is 6.16. The number of carbonyl (C=O) groups is 2. The summed E-state index contributed by atoms with van der Waals surface area (Å²) in [6, 6.07) is 14.6. The Labute approximate surface area is 151 Å². The zero-order valence-corrected chi connectivity index (χ0v) is 14.6. The van der Waals surface area contributed by atoms with Crippen LogP contribution < -0.4 is 5.32 Å². The monoisotopic (exact) mass is 403 g/mol. The summed E-state index contributed by atoms with van der Waals surface area (Å²) in [5, 5.41) is 16.4. The molecule has 1 amide bonds. The van der Waals surface area contributed by atoms with Crippen LogP contribution in [0, 0.1) is 0 Å². The maximum absolute atomic E-state index is 12.0. The Hall–Kier alpha value is -2.87. The number of anilines is 1. The van der Waals surface area contributed by atoms with Crippen LogP contribution >= 0.6 is 15.9 Å². The molecule has 0 aliphatic heterocycles. The van der Waals surface area contributed by atoms with Gasteiger partial charge in [-0.15, -0.1) is 0 Å². The van der Waals surface area contributed by atoms with E-state index < -0.39 is 12.1 Å². The van der Waals surface area contributed by atoms with Crippen molar-refractivity contribution < 1.29 is 19.4 Å². The van der Waals surface area contributed by atoms with E-state index in [4.69, 9.17) is 9.84 Å². The maximum Gasteiger partial charge on any atom is 0.413 e. The molecule has 0 aliphatic carbocycles. The first-order chi connectivity index (χ1) is 12.0. The molecule has 3 rings (SSSR count). The Morgan fingerprint density at radius 1 is 1.20 bits per heavy atom. The van der Waals surface area contributed by atoms with Gasteiger partial charge in [-0.2, -0.15) is 5.10 Å². The first kappa shape index (κ1) is 17.0. The summed E-state index contributed by atoms with van der Waals surface area (Å²) in [6.07, 6.45) is -0.659. The lowest BCUT2D eigenvalue weighted by molar-refractivity contribution is -0.137. The number of amides is 1. The number of nitrogens with zero attached hydrogens (tertiary/aromatic N) is 2. The molecule has 128 valence electrons. The van der Waals surface area contributed by atoms with E-state index in [1.54, 1.807) is 18.2 Å². The number of hydrogen-bond acceptors (Lipinski definition) is 4. The van der Waals surface area contributed by atoms with E-state index in [0.29, 0.717) is 10.9 Å². The van der Waals surface area contributed by atoms with Crippen LogP contribution in [0.25, 0.3) is 10.9 Å². The third-order valence-corrected chi connectivity index (χ3v) is 3.93. The highest BCUT2D eigenvalue weighted by atomic mass is 79.9. The number of rotatable bonds is 5. The van der Waals surface area contributed by atoms with Crippen LogP contribution in [0.4, 0.5) is 10.6 Å². The van der Waals surface area contributed by atoms with Crippen LogP contribution in [0.5, 0.6) is 0 Å². The summed E-state index contributed by atoms with van der Waals surface area (Å²) in [7, 11) is 0. The number of carbonyl (C=O) groups excluding carboxylic acids is 1. The topological polar surface area (TPSA) is 93.5 Å². The van der Waals surface area contributed by atoms with Crippen molar-refractivity contribution in [2.45, 2.75) is 13.2 Å². The lowest BCUT2D eigenvalue weighted by Crippen LogP contribution is -2.15. The SMILES string of the molecule is O=C(O)Cn1nc(NC(=O)OCc2ccccc2)c2ccc(Br)cc21. The molecule has 0 radical (unpaired) electrons. The Morgan fingerprint density at radius 2 is 1.96 bits per heavy atom. The quantitative estimate of drug-likeness (QED) is 0.678. The number of ether oxygens (including phenoxy) is 1. The minimum Gasteiger partial charge on any atom is -0.480 e. The molecule has 0 spiro atoms. The van der Waals surface area contributed by atoms with Gasteiger partial charge in [0.05, 0.1) is 5.52 Å². The molecule has 7 nitrogen and oxygen atoms in total. The zero-order valence-electron chi connectivity index (χ0n) is 13.0. The predicted octanol–water partition coefficient (Wildman–Crippen LogP) is 3.63. The van der Waals surface area contributed by atoms with Gasteiger partial charge in [-0.25, -0.2) is 4.79 Å². The van der Waals surface area contributed by atoms with Crippen LogP contribution in [-0.4, -0.2) is 26.9 Å². The highest BCUT2D eigenvalue weighted by Gasteiger charge is 2.15. The highest BCUT2D eigenvalue weighted by molar-refractivity contribution is 9.10. The number of aliphatic carboxylic acids is 1. The van der Waals surface area contributed by atoms with Crippen LogP contribution in [0.2, 0.25) is 0 Å². The molecule has 0 aliphatic rings. The van der Waals surface area contributed by atoms with Crippen LogP contribution in [0.15, 0.2) is 53.0 Å². The fourth-order valence-corrected chi connectivity index (χ4v) is 2.69. The minimum absolute atomic E-state index is 0.131. The van der Waals surface area contributed by atoms with Crippen molar-refractivity contribution in [2.24, 2.45) is 0 Å². The second kappa shape index (κ2) is 7.35. The van der Waals surface area contributed by atoms with Gasteiger partial charge in [0, 0.05) is 9.86 Å². The van der Waals surface area contributed by atoms with Gasteiger partial charge in [-0.05, 0) is 23.8 Å². The van der Waals surface area contributed by atoms with Gasteiger partial charge in [0.2, 0.25) is 0 Å². The predicted molar refractivity (Wildman–Crippen MR) is 95.3 cm³/mol. The molecule has 8 heteroatoms. The third-order valence-electron chi connectivity index (χ3n) is 3.43. The molecular weight excluding hydrogens is 390 g/mol. The standard InChI is InChI=1S/C17H14BrN3O4/c18-12-6-7-13-14(8-12)21(9-15(22)23)20-16(13)19-17(24)25-10-11-4-2-1-3-5-11/h1-8H,9-10H2,(H,22,23)(H,19,20,24). The second-order valence-electron chi connectivity index (χ2n) is 5.25. The fraction of sp³-hybridized carbons (Fsp3) is 0.118. The lowest BCUT2D eigenvalue weighted by Gasteiger charge is -2.05. The first-order valence-electron chi connectivity index (χ1n) is 7.38. The maximum atomic E-state index is 12.0. The molecule has 3 aromatic rings. The van der Waals surface area contributed by atoms with Crippen molar-refractivity contribution in [3.63, 3.8) is 0 Å². The van der Waals surface area contributed by atoms with Crippen molar-refractivity contribution in [1.29, 1.82) is 0 Å². The molecular formula is C17H14BrN3O4. The molecule has 0 saturated heterocycles.